The zero-order chi connectivity index (χ0) is 11.0. The Hall–Kier alpha value is -1.00. The molecular weight excluding hydrogens is 231 g/mol. The maximum absolute atomic E-state index is 13.1. The van der Waals surface area contributed by atoms with Crippen LogP contribution in [0.2, 0.25) is 0 Å². The molecule has 1 atom stereocenters. The zero-order valence-electron chi connectivity index (χ0n) is 8.82. The van der Waals surface area contributed by atoms with Crippen LogP contribution in [0.4, 0.5) is 10.1 Å². The van der Waals surface area contributed by atoms with Crippen molar-refractivity contribution in [2.24, 2.45) is 11.7 Å². The van der Waals surface area contributed by atoms with Crippen molar-refractivity contribution in [1.29, 1.82) is 0 Å². The van der Waals surface area contributed by atoms with Gasteiger partial charge in [-0.25, -0.2) is 4.39 Å². The lowest BCUT2D eigenvalue weighted by atomic mass is 10.00. The number of halogens is 2. The van der Waals surface area contributed by atoms with Crippen LogP contribution in [0, 0.1) is 11.7 Å². The van der Waals surface area contributed by atoms with E-state index < -0.39 is 5.82 Å². The van der Waals surface area contributed by atoms with Gasteiger partial charge in [0.2, 0.25) is 0 Å². The summed E-state index contributed by atoms with van der Waals surface area (Å²) >= 11 is 0. The van der Waals surface area contributed by atoms with Crippen molar-refractivity contribution in [3.05, 3.63) is 23.5 Å². The van der Waals surface area contributed by atoms with Gasteiger partial charge in [0.05, 0.1) is 5.69 Å². The fourth-order valence-electron chi connectivity index (χ4n) is 1.76. The molecule has 5 heteroatoms. The molecule has 1 aromatic carbocycles. The summed E-state index contributed by atoms with van der Waals surface area (Å²) in [6.07, 6.45) is 3.15. The predicted octanol–water partition coefficient (Wildman–Crippen LogP) is 2.34. The van der Waals surface area contributed by atoms with E-state index in [1.807, 2.05) is 0 Å². The van der Waals surface area contributed by atoms with E-state index in [0.29, 0.717) is 11.5 Å². The van der Waals surface area contributed by atoms with E-state index in [-0.39, 0.29) is 29.9 Å². The van der Waals surface area contributed by atoms with E-state index in [1.165, 1.54) is 18.9 Å². The fraction of sp³-hybridized carbons (Fsp3) is 0.455. The third kappa shape index (κ3) is 2.77. The number of hydrogen-bond acceptors (Lipinski definition) is 3. The molecule has 0 aliphatic heterocycles. The van der Waals surface area contributed by atoms with Crippen molar-refractivity contribution in [2.75, 3.05) is 5.73 Å². The molecule has 90 valence electrons. The average Bonchev–Trinajstić information content (AvgIpc) is 2.94. The minimum atomic E-state index is -0.452. The molecule has 1 saturated carbocycles. The first-order valence-corrected chi connectivity index (χ1v) is 5.11. The lowest BCUT2D eigenvalue weighted by Gasteiger charge is -2.14. The highest BCUT2D eigenvalue weighted by molar-refractivity contribution is 5.85. The average molecular weight is 247 g/mol. The molecule has 0 saturated heterocycles. The molecule has 0 radical (unpaired) electrons. The third-order valence-electron chi connectivity index (χ3n) is 2.82. The summed E-state index contributed by atoms with van der Waals surface area (Å²) in [5.74, 6) is 0.0972. The van der Waals surface area contributed by atoms with Crippen molar-refractivity contribution in [2.45, 2.75) is 25.3 Å². The zero-order valence-corrected chi connectivity index (χ0v) is 9.64. The second-order valence-electron chi connectivity index (χ2n) is 4.22. The van der Waals surface area contributed by atoms with Crippen molar-refractivity contribution < 1.29 is 9.50 Å². The summed E-state index contributed by atoms with van der Waals surface area (Å²) in [5, 5.41) is 9.65. The maximum atomic E-state index is 13.1. The second-order valence-corrected chi connectivity index (χ2v) is 4.22. The second kappa shape index (κ2) is 4.89. The molecule has 1 aliphatic rings. The van der Waals surface area contributed by atoms with Crippen LogP contribution in [0.5, 0.6) is 5.75 Å². The van der Waals surface area contributed by atoms with Crippen LogP contribution in [0.15, 0.2) is 12.1 Å². The van der Waals surface area contributed by atoms with Gasteiger partial charge in [-0.15, -0.1) is 12.4 Å². The van der Waals surface area contributed by atoms with Crippen molar-refractivity contribution in [1.82, 2.24) is 0 Å². The van der Waals surface area contributed by atoms with Crippen molar-refractivity contribution >= 4 is 18.1 Å². The Kier molecular flexibility index (Phi) is 3.99. The Labute approximate surface area is 100 Å². The van der Waals surface area contributed by atoms with Crippen LogP contribution in [-0.2, 0) is 0 Å². The molecule has 2 rings (SSSR count). The standard InChI is InChI=1S/C11H15FN2O.ClH/c12-7-4-8(11(15)10(14)5-7)9(13)3-6-1-2-6;/h4-6,9,15H,1-3,13-14H2;1H/t9-;/m1./s1. The number of hydrogen-bond donors (Lipinski definition) is 3. The van der Waals surface area contributed by atoms with Gasteiger partial charge in [0.15, 0.2) is 0 Å². The summed E-state index contributed by atoms with van der Waals surface area (Å²) in [6, 6.07) is 2.04. The Morgan fingerprint density at radius 1 is 1.44 bits per heavy atom. The van der Waals surface area contributed by atoms with E-state index in [4.69, 9.17) is 11.5 Å². The highest BCUT2D eigenvalue weighted by Crippen LogP contribution is 2.39. The molecule has 0 bridgehead atoms. The largest absolute Gasteiger partial charge is 0.505 e. The minimum Gasteiger partial charge on any atom is -0.505 e. The minimum absolute atomic E-state index is 0. The normalized spacial score (nSPS) is 16.6. The summed E-state index contributed by atoms with van der Waals surface area (Å²) < 4.78 is 13.1. The number of phenols is 1. The third-order valence-corrected chi connectivity index (χ3v) is 2.82. The molecule has 5 N–H and O–H groups in total. The fourth-order valence-corrected chi connectivity index (χ4v) is 1.76. The number of anilines is 1. The van der Waals surface area contributed by atoms with Gasteiger partial charge in [-0.1, -0.05) is 12.8 Å². The van der Waals surface area contributed by atoms with Gasteiger partial charge >= 0.3 is 0 Å². The van der Waals surface area contributed by atoms with Gasteiger partial charge in [0.1, 0.15) is 11.6 Å². The van der Waals surface area contributed by atoms with E-state index in [0.717, 1.165) is 12.5 Å². The molecule has 1 aliphatic carbocycles. The van der Waals surface area contributed by atoms with Gasteiger partial charge in [0, 0.05) is 17.7 Å². The predicted molar refractivity (Wildman–Crippen MR) is 64.0 cm³/mol. The summed E-state index contributed by atoms with van der Waals surface area (Å²) in [5.41, 5.74) is 11.8. The van der Waals surface area contributed by atoms with Gasteiger partial charge in [0.25, 0.3) is 0 Å². The molecule has 1 aromatic rings. The number of rotatable bonds is 3. The molecule has 0 amide bonds. The number of benzene rings is 1. The molecule has 0 aromatic heterocycles. The first-order valence-electron chi connectivity index (χ1n) is 5.11. The van der Waals surface area contributed by atoms with Gasteiger partial charge in [-0.2, -0.15) is 0 Å². The first kappa shape index (κ1) is 13.1. The lowest BCUT2D eigenvalue weighted by Crippen LogP contribution is -2.12. The molecule has 16 heavy (non-hydrogen) atoms. The molecule has 0 spiro atoms. The Morgan fingerprint density at radius 3 is 2.62 bits per heavy atom. The van der Waals surface area contributed by atoms with Gasteiger partial charge < -0.3 is 16.6 Å². The van der Waals surface area contributed by atoms with Crippen LogP contribution in [0.1, 0.15) is 30.9 Å². The summed E-state index contributed by atoms with van der Waals surface area (Å²) in [7, 11) is 0. The highest BCUT2D eigenvalue weighted by atomic mass is 35.5. The summed E-state index contributed by atoms with van der Waals surface area (Å²) in [4.78, 5) is 0. The number of phenolic OH excluding ortho intramolecular Hbond substituents is 1. The van der Waals surface area contributed by atoms with Crippen LogP contribution in [-0.4, -0.2) is 5.11 Å². The Morgan fingerprint density at radius 2 is 2.06 bits per heavy atom. The molecular formula is C11H16ClFN2O. The highest BCUT2D eigenvalue weighted by Gasteiger charge is 2.26. The van der Waals surface area contributed by atoms with Crippen LogP contribution in [0.3, 0.4) is 0 Å². The SMILES string of the molecule is Cl.Nc1cc(F)cc([C@H](N)CC2CC2)c1O. The Balaban J connectivity index is 0.00000128. The lowest BCUT2D eigenvalue weighted by molar-refractivity contribution is 0.455. The van der Waals surface area contributed by atoms with Crippen molar-refractivity contribution in [3.63, 3.8) is 0 Å². The van der Waals surface area contributed by atoms with Crippen LogP contribution in [0.25, 0.3) is 0 Å². The topological polar surface area (TPSA) is 72.3 Å². The molecule has 0 heterocycles. The van der Waals surface area contributed by atoms with E-state index in [1.54, 1.807) is 0 Å². The van der Waals surface area contributed by atoms with E-state index in [9.17, 15) is 9.50 Å². The molecule has 3 nitrogen and oxygen atoms in total. The quantitative estimate of drug-likeness (QED) is 0.566. The van der Waals surface area contributed by atoms with Gasteiger partial charge in [-0.3, -0.25) is 0 Å². The Bertz CT molecular complexity index is 382. The monoisotopic (exact) mass is 246 g/mol. The number of nitrogens with two attached hydrogens (primary N) is 2. The van der Waals surface area contributed by atoms with Gasteiger partial charge in [-0.05, 0) is 18.4 Å². The first-order chi connectivity index (χ1) is 7.08. The number of aromatic hydroxyl groups is 1. The van der Waals surface area contributed by atoms with Crippen LogP contribution < -0.4 is 11.5 Å². The van der Waals surface area contributed by atoms with E-state index >= 15 is 0 Å². The van der Waals surface area contributed by atoms with Crippen LogP contribution >= 0.6 is 12.4 Å². The number of nitrogen functional groups attached to an aromatic ring is 1. The summed E-state index contributed by atoms with van der Waals surface area (Å²) in [6.45, 7) is 0. The molecule has 0 unspecified atom stereocenters. The van der Waals surface area contributed by atoms with E-state index in [2.05, 4.69) is 0 Å². The molecule has 1 fully saturated rings. The maximum Gasteiger partial charge on any atom is 0.143 e. The smallest absolute Gasteiger partial charge is 0.143 e. The van der Waals surface area contributed by atoms with Crippen molar-refractivity contribution in [3.8, 4) is 5.75 Å².